The zero-order chi connectivity index (χ0) is 18.4. The standard InChI is InChI=1S/C18H24N2O5/c1-18(11-25-2,10-16(22)23)20-15(21)8-7-13-9-12-5-3-4-6-14(12)19-17(13)24/h3-6,13H,7-11H2,1-2H3,(H,19,24)(H,20,21)(H,22,23). The molecule has 0 aromatic heterocycles. The Balaban J connectivity index is 1.91. The van der Waals surface area contributed by atoms with Crippen molar-refractivity contribution in [1.82, 2.24) is 5.32 Å². The molecule has 0 saturated heterocycles. The van der Waals surface area contributed by atoms with Crippen LogP contribution in [0.25, 0.3) is 0 Å². The molecule has 25 heavy (non-hydrogen) atoms. The summed E-state index contributed by atoms with van der Waals surface area (Å²) in [6.07, 6.45) is 0.922. The third-order valence-electron chi connectivity index (χ3n) is 4.28. The molecule has 0 spiro atoms. The third kappa shape index (κ3) is 5.29. The van der Waals surface area contributed by atoms with E-state index >= 15 is 0 Å². The number of carboxylic acids is 1. The zero-order valence-electron chi connectivity index (χ0n) is 14.5. The number of rotatable bonds is 8. The number of methoxy groups -OCH3 is 1. The van der Waals surface area contributed by atoms with Crippen LogP contribution in [0.3, 0.4) is 0 Å². The van der Waals surface area contributed by atoms with E-state index in [9.17, 15) is 14.4 Å². The van der Waals surface area contributed by atoms with Crippen molar-refractivity contribution < 1.29 is 24.2 Å². The van der Waals surface area contributed by atoms with Gasteiger partial charge in [-0.25, -0.2) is 0 Å². The Hall–Kier alpha value is -2.41. The van der Waals surface area contributed by atoms with Gasteiger partial charge in [0.05, 0.1) is 18.6 Å². The maximum absolute atomic E-state index is 12.2. The molecule has 0 bridgehead atoms. The number of fused-ring (bicyclic) bond motifs is 1. The van der Waals surface area contributed by atoms with Crippen LogP contribution in [0.1, 0.15) is 31.7 Å². The Kier molecular flexibility index (Phi) is 6.14. The predicted octanol–water partition coefficient (Wildman–Crippen LogP) is 1.57. The van der Waals surface area contributed by atoms with Gasteiger partial charge in [-0.2, -0.15) is 0 Å². The normalized spacial score (nSPS) is 18.6. The van der Waals surface area contributed by atoms with Gasteiger partial charge in [0.25, 0.3) is 0 Å². The van der Waals surface area contributed by atoms with E-state index in [-0.39, 0.29) is 37.2 Å². The fourth-order valence-corrected chi connectivity index (χ4v) is 3.13. The van der Waals surface area contributed by atoms with Crippen molar-refractivity contribution in [3.63, 3.8) is 0 Å². The van der Waals surface area contributed by atoms with E-state index < -0.39 is 11.5 Å². The molecule has 0 aliphatic carbocycles. The number of carboxylic acid groups (broad SMARTS) is 1. The highest BCUT2D eigenvalue weighted by Crippen LogP contribution is 2.27. The summed E-state index contributed by atoms with van der Waals surface area (Å²) in [4.78, 5) is 35.4. The van der Waals surface area contributed by atoms with Crippen LogP contribution in [0.15, 0.2) is 24.3 Å². The van der Waals surface area contributed by atoms with Crippen molar-refractivity contribution in [2.75, 3.05) is 19.0 Å². The Morgan fingerprint density at radius 3 is 2.80 bits per heavy atom. The van der Waals surface area contributed by atoms with Crippen molar-refractivity contribution in [2.45, 2.75) is 38.1 Å². The number of carbonyl (C=O) groups excluding carboxylic acids is 2. The number of amides is 2. The van der Waals surface area contributed by atoms with E-state index in [2.05, 4.69) is 10.6 Å². The molecular weight excluding hydrogens is 324 g/mol. The van der Waals surface area contributed by atoms with Crippen molar-refractivity contribution in [3.05, 3.63) is 29.8 Å². The van der Waals surface area contributed by atoms with Crippen molar-refractivity contribution >= 4 is 23.5 Å². The molecule has 0 radical (unpaired) electrons. The summed E-state index contributed by atoms with van der Waals surface area (Å²) < 4.78 is 5.02. The highest BCUT2D eigenvalue weighted by atomic mass is 16.5. The van der Waals surface area contributed by atoms with Crippen molar-refractivity contribution in [1.29, 1.82) is 0 Å². The molecule has 1 heterocycles. The monoisotopic (exact) mass is 348 g/mol. The molecule has 3 N–H and O–H groups in total. The van der Waals surface area contributed by atoms with E-state index in [1.54, 1.807) is 6.92 Å². The minimum Gasteiger partial charge on any atom is -0.481 e. The molecule has 2 unspecified atom stereocenters. The molecule has 0 fully saturated rings. The largest absolute Gasteiger partial charge is 0.481 e. The van der Waals surface area contributed by atoms with Crippen LogP contribution < -0.4 is 10.6 Å². The zero-order valence-corrected chi connectivity index (χ0v) is 14.5. The minimum atomic E-state index is -1.01. The molecule has 2 amide bonds. The summed E-state index contributed by atoms with van der Waals surface area (Å²) in [6.45, 7) is 1.73. The number of anilines is 1. The van der Waals surface area contributed by atoms with Crippen LogP contribution in [0.4, 0.5) is 5.69 Å². The molecule has 0 saturated carbocycles. The Labute approximate surface area is 146 Å². The smallest absolute Gasteiger partial charge is 0.305 e. The maximum atomic E-state index is 12.2. The number of aliphatic carboxylic acids is 1. The Morgan fingerprint density at radius 1 is 1.40 bits per heavy atom. The predicted molar refractivity (Wildman–Crippen MR) is 92.2 cm³/mol. The van der Waals surface area contributed by atoms with Gasteiger partial charge in [-0.1, -0.05) is 18.2 Å². The van der Waals surface area contributed by atoms with Gasteiger partial charge in [0.15, 0.2) is 0 Å². The van der Waals surface area contributed by atoms with Crippen LogP contribution in [-0.4, -0.2) is 42.1 Å². The molecule has 2 rings (SSSR count). The third-order valence-corrected chi connectivity index (χ3v) is 4.28. The van der Waals surface area contributed by atoms with Crippen LogP contribution >= 0.6 is 0 Å². The highest BCUT2D eigenvalue weighted by molar-refractivity contribution is 5.96. The van der Waals surface area contributed by atoms with Crippen molar-refractivity contribution in [3.8, 4) is 0 Å². The number of ether oxygens (including phenoxy) is 1. The summed E-state index contributed by atoms with van der Waals surface area (Å²) in [6, 6.07) is 7.61. The van der Waals surface area contributed by atoms with Gasteiger partial charge < -0.3 is 20.5 Å². The molecule has 1 aromatic rings. The first-order valence-corrected chi connectivity index (χ1v) is 8.23. The molecule has 1 aromatic carbocycles. The number of carbonyl (C=O) groups is 3. The van der Waals surface area contributed by atoms with E-state index in [1.807, 2.05) is 24.3 Å². The Morgan fingerprint density at radius 2 is 2.12 bits per heavy atom. The Bertz CT molecular complexity index is 661. The molecule has 1 aliphatic heterocycles. The first-order chi connectivity index (χ1) is 11.8. The van der Waals surface area contributed by atoms with Gasteiger partial charge in [-0.3, -0.25) is 14.4 Å². The lowest BCUT2D eigenvalue weighted by Crippen LogP contribution is -2.50. The second-order valence-electron chi connectivity index (χ2n) is 6.70. The summed E-state index contributed by atoms with van der Waals surface area (Å²) in [5.74, 6) is -1.65. The van der Waals surface area contributed by atoms with Crippen LogP contribution in [-0.2, 0) is 25.5 Å². The number of benzene rings is 1. The van der Waals surface area contributed by atoms with Gasteiger partial charge in [-0.05, 0) is 31.4 Å². The van der Waals surface area contributed by atoms with Crippen LogP contribution in [0.5, 0.6) is 0 Å². The summed E-state index contributed by atoms with van der Waals surface area (Å²) in [5, 5.41) is 14.6. The van der Waals surface area contributed by atoms with E-state index in [0.29, 0.717) is 12.8 Å². The molecular formula is C18H24N2O5. The molecule has 7 nitrogen and oxygen atoms in total. The maximum Gasteiger partial charge on any atom is 0.305 e. The van der Waals surface area contributed by atoms with Gasteiger partial charge in [0.2, 0.25) is 11.8 Å². The van der Waals surface area contributed by atoms with Crippen LogP contribution in [0.2, 0.25) is 0 Å². The van der Waals surface area contributed by atoms with E-state index in [4.69, 9.17) is 9.84 Å². The molecule has 1 aliphatic rings. The minimum absolute atomic E-state index is 0.0864. The summed E-state index contributed by atoms with van der Waals surface area (Å²) in [7, 11) is 1.45. The van der Waals surface area contributed by atoms with Gasteiger partial charge in [-0.15, -0.1) is 0 Å². The number of nitrogens with one attached hydrogen (secondary N) is 2. The number of para-hydroxylation sites is 1. The lowest BCUT2D eigenvalue weighted by molar-refractivity contribution is -0.139. The quantitative estimate of drug-likeness (QED) is 0.661. The van der Waals surface area contributed by atoms with Gasteiger partial charge in [0, 0.05) is 25.1 Å². The molecule has 136 valence electrons. The second kappa shape index (κ2) is 8.11. The lowest BCUT2D eigenvalue weighted by atomic mass is 9.89. The van der Waals surface area contributed by atoms with Crippen molar-refractivity contribution in [2.24, 2.45) is 5.92 Å². The number of hydrogen-bond acceptors (Lipinski definition) is 4. The van der Waals surface area contributed by atoms with E-state index in [1.165, 1.54) is 7.11 Å². The fourth-order valence-electron chi connectivity index (χ4n) is 3.13. The molecule has 7 heteroatoms. The SMILES string of the molecule is COCC(C)(CC(=O)O)NC(=O)CCC1Cc2ccccc2NC1=O. The van der Waals surface area contributed by atoms with Gasteiger partial charge >= 0.3 is 5.97 Å². The second-order valence-corrected chi connectivity index (χ2v) is 6.70. The fraction of sp³-hybridized carbons (Fsp3) is 0.500. The first-order valence-electron chi connectivity index (χ1n) is 8.23. The topological polar surface area (TPSA) is 105 Å². The lowest BCUT2D eigenvalue weighted by Gasteiger charge is -2.29. The summed E-state index contributed by atoms with van der Waals surface area (Å²) >= 11 is 0. The average molecular weight is 348 g/mol. The number of hydrogen-bond donors (Lipinski definition) is 3. The van der Waals surface area contributed by atoms with E-state index in [0.717, 1.165) is 11.3 Å². The average Bonchev–Trinajstić information content (AvgIpc) is 2.52. The molecule has 2 atom stereocenters. The summed E-state index contributed by atoms with van der Waals surface area (Å²) in [5.41, 5.74) is 0.906. The van der Waals surface area contributed by atoms with Gasteiger partial charge in [0.1, 0.15) is 0 Å². The first kappa shape index (κ1) is 18.9. The van der Waals surface area contributed by atoms with Crippen LogP contribution in [0, 0.1) is 5.92 Å². The highest BCUT2D eigenvalue weighted by Gasteiger charge is 2.31.